The molecule has 1 aromatic carbocycles. The van der Waals surface area contributed by atoms with E-state index < -0.39 is 9.84 Å². The molecule has 0 heterocycles. The molecule has 0 bridgehead atoms. The van der Waals surface area contributed by atoms with Crippen LogP contribution in [0.3, 0.4) is 0 Å². The molecule has 0 saturated carbocycles. The molecule has 0 amide bonds. The summed E-state index contributed by atoms with van der Waals surface area (Å²) >= 11 is 0. The van der Waals surface area contributed by atoms with Gasteiger partial charge in [-0.25, -0.2) is 17.8 Å². The summed E-state index contributed by atoms with van der Waals surface area (Å²) in [6, 6.07) is 4.16. The maximum atomic E-state index is 13.5. The fourth-order valence-electron chi connectivity index (χ4n) is 2.43. The molecule has 0 aliphatic carbocycles. The van der Waals surface area contributed by atoms with E-state index in [2.05, 4.69) is 22.5 Å². The Bertz CT molecular complexity index is 660. The first kappa shape index (κ1) is 21.4. The normalized spacial score (nSPS) is 12.2. The lowest BCUT2D eigenvalue weighted by molar-refractivity contribution is 0.600. The number of guanidine groups is 1. The van der Waals surface area contributed by atoms with Crippen molar-refractivity contribution in [2.75, 3.05) is 19.3 Å². The summed E-state index contributed by atoms with van der Waals surface area (Å²) in [5, 5.41) is 6.41. The summed E-state index contributed by atoms with van der Waals surface area (Å²) < 4.78 is 36.6. The summed E-state index contributed by atoms with van der Waals surface area (Å²) in [7, 11) is -3.19. The monoisotopic (exact) mass is 371 g/mol. The molecule has 2 N–H and O–H groups in total. The Balaban J connectivity index is 2.78. The van der Waals surface area contributed by atoms with Crippen molar-refractivity contribution in [2.24, 2.45) is 4.99 Å². The number of nitrogens with one attached hydrogen (secondary N) is 2. The number of benzene rings is 1. The number of halogens is 1. The zero-order valence-corrected chi connectivity index (χ0v) is 16.3. The maximum absolute atomic E-state index is 13.5. The van der Waals surface area contributed by atoms with E-state index in [4.69, 9.17) is 0 Å². The standard InChI is InChI=1S/C18H30FN3O2S/c1-4-6-7-8-11-21-18(20-5-2)22-13-16-12-17(19)10-9-15(16)14-25(3,23)24/h9-10,12H,4-8,11,13-14H2,1-3H3,(H2,20,21,22). The minimum atomic E-state index is -3.19. The number of hydrogen-bond donors (Lipinski definition) is 2. The van der Waals surface area contributed by atoms with Gasteiger partial charge in [0.1, 0.15) is 5.82 Å². The zero-order chi connectivity index (χ0) is 18.7. The molecule has 0 aliphatic rings. The van der Waals surface area contributed by atoms with Gasteiger partial charge >= 0.3 is 0 Å². The summed E-state index contributed by atoms with van der Waals surface area (Å²) in [5.41, 5.74) is 1.18. The minimum absolute atomic E-state index is 0.112. The van der Waals surface area contributed by atoms with E-state index in [9.17, 15) is 12.8 Å². The van der Waals surface area contributed by atoms with Crippen LogP contribution in [0.15, 0.2) is 23.2 Å². The van der Waals surface area contributed by atoms with Gasteiger partial charge in [0, 0.05) is 19.3 Å². The smallest absolute Gasteiger partial charge is 0.191 e. The van der Waals surface area contributed by atoms with E-state index in [1.165, 1.54) is 43.7 Å². The highest BCUT2D eigenvalue weighted by atomic mass is 32.2. The molecular formula is C18H30FN3O2S. The molecular weight excluding hydrogens is 341 g/mol. The second-order valence-corrected chi connectivity index (χ2v) is 8.31. The molecule has 0 unspecified atom stereocenters. The molecule has 0 atom stereocenters. The Labute approximate surface area is 151 Å². The number of nitrogens with zero attached hydrogens (tertiary/aromatic N) is 1. The Morgan fingerprint density at radius 2 is 1.88 bits per heavy atom. The van der Waals surface area contributed by atoms with Crippen LogP contribution in [0.2, 0.25) is 0 Å². The second-order valence-electron chi connectivity index (χ2n) is 6.17. The molecule has 142 valence electrons. The van der Waals surface area contributed by atoms with Gasteiger partial charge in [-0.2, -0.15) is 0 Å². The van der Waals surface area contributed by atoms with E-state index in [1.54, 1.807) is 0 Å². The van der Waals surface area contributed by atoms with Crippen LogP contribution in [0.5, 0.6) is 0 Å². The van der Waals surface area contributed by atoms with Crippen LogP contribution >= 0.6 is 0 Å². The number of aliphatic imine (C=N–C) groups is 1. The topological polar surface area (TPSA) is 70.6 Å². The molecule has 7 heteroatoms. The molecule has 0 fully saturated rings. The first-order valence-corrected chi connectivity index (χ1v) is 10.9. The number of rotatable bonds is 10. The molecule has 0 spiro atoms. The quantitative estimate of drug-likeness (QED) is 0.377. The van der Waals surface area contributed by atoms with E-state index in [0.29, 0.717) is 17.1 Å². The van der Waals surface area contributed by atoms with Gasteiger partial charge in [-0.1, -0.05) is 32.3 Å². The Morgan fingerprint density at radius 3 is 2.52 bits per heavy atom. The Morgan fingerprint density at radius 1 is 1.12 bits per heavy atom. The molecule has 1 rings (SSSR count). The average molecular weight is 372 g/mol. The van der Waals surface area contributed by atoms with Crippen molar-refractivity contribution < 1.29 is 12.8 Å². The third-order valence-corrected chi connectivity index (χ3v) is 4.50. The lowest BCUT2D eigenvalue weighted by atomic mass is 10.1. The van der Waals surface area contributed by atoms with E-state index >= 15 is 0 Å². The first-order chi connectivity index (χ1) is 11.9. The van der Waals surface area contributed by atoms with Gasteiger partial charge in [0.2, 0.25) is 0 Å². The van der Waals surface area contributed by atoms with Crippen molar-refractivity contribution in [3.63, 3.8) is 0 Å². The Hall–Kier alpha value is -1.63. The molecule has 0 radical (unpaired) electrons. The van der Waals surface area contributed by atoms with Crippen molar-refractivity contribution in [2.45, 2.75) is 51.8 Å². The number of unbranched alkanes of at least 4 members (excludes halogenated alkanes) is 3. The van der Waals surface area contributed by atoms with Gasteiger partial charge in [-0.3, -0.25) is 0 Å². The third-order valence-electron chi connectivity index (χ3n) is 3.66. The van der Waals surface area contributed by atoms with Gasteiger partial charge in [0.25, 0.3) is 0 Å². The zero-order valence-electron chi connectivity index (χ0n) is 15.4. The summed E-state index contributed by atoms with van der Waals surface area (Å²) in [6.07, 6.45) is 5.82. The van der Waals surface area contributed by atoms with Crippen LogP contribution in [-0.4, -0.2) is 33.7 Å². The van der Waals surface area contributed by atoms with Gasteiger partial charge in [-0.15, -0.1) is 0 Å². The summed E-state index contributed by atoms with van der Waals surface area (Å²) in [4.78, 5) is 4.47. The molecule has 0 saturated heterocycles. The van der Waals surface area contributed by atoms with Gasteiger partial charge in [-0.05, 0) is 36.6 Å². The largest absolute Gasteiger partial charge is 0.357 e. The third kappa shape index (κ3) is 9.43. The average Bonchev–Trinajstić information content (AvgIpc) is 2.53. The van der Waals surface area contributed by atoms with Crippen LogP contribution in [0, 0.1) is 5.82 Å². The molecule has 1 aromatic rings. The summed E-state index contributed by atoms with van der Waals surface area (Å²) in [5.74, 6) is 0.160. The highest BCUT2D eigenvalue weighted by Crippen LogP contribution is 2.15. The van der Waals surface area contributed by atoms with Crippen LogP contribution in [-0.2, 0) is 22.1 Å². The van der Waals surface area contributed by atoms with Gasteiger partial charge in [0.15, 0.2) is 15.8 Å². The van der Waals surface area contributed by atoms with Crippen molar-refractivity contribution >= 4 is 15.8 Å². The van der Waals surface area contributed by atoms with Crippen LogP contribution < -0.4 is 10.6 Å². The predicted octanol–water partition coefficient (Wildman–Crippen LogP) is 3.01. The second kappa shape index (κ2) is 11.1. The predicted molar refractivity (Wildman–Crippen MR) is 102 cm³/mol. The molecule has 25 heavy (non-hydrogen) atoms. The molecule has 5 nitrogen and oxygen atoms in total. The van der Waals surface area contributed by atoms with Gasteiger partial charge < -0.3 is 10.6 Å². The minimum Gasteiger partial charge on any atom is -0.357 e. The van der Waals surface area contributed by atoms with Crippen LogP contribution in [0.25, 0.3) is 0 Å². The van der Waals surface area contributed by atoms with Crippen LogP contribution in [0.1, 0.15) is 50.7 Å². The van der Waals surface area contributed by atoms with E-state index in [1.807, 2.05) is 6.92 Å². The van der Waals surface area contributed by atoms with E-state index in [0.717, 1.165) is 19.5 Å². The lowest BCUT2D eigenvalue weighted by Gasteiger charge is -2.12. The highest BCUT2D eigenvalue weighted by molar-refractivity contribution is 7.89. The van der Waals surface area contributed by atoms with Crippen molar-refractivity contribution in [1.82, 2.24) is 10.6 Å². The van der Waals surface area contributed by atoms with E-state index in [-0.39, 0.29) is 18.1 Å². The lowest BCUT2D eigenvalue weighted by Crippen LogP contribution is -2.37. The fraction of sp³-hybridized carbons (Fsp3) is 0.611. The summed E-state index contributed by atoms with van der Waals surface area (Å²) in [6.45, 7) is 5.93. The highest BCUT2D eigenvalue weighted by Gasteiger charge is 2.10. The Kier molecular flexibility index (Phi) is 9.49. The first-order valence-electron chi connectivity index (χ1n) is 8.83. The number of hydrogen-bond acceptors (Lipinski definition) is 3. The molecule has 0 aromatic heterocycles. The fourth-order valence-corrected chi connectivity index (χ4v) is 3.28. The van der Waals surface area contributed by atoms with Gasteiger partial charge in [0.05, 0.1) is 12.3 Å². The molecule has 0 aliphatic heterocycles. The maximum Gasteiger partial charge on any atom is 0.191 e. The van der Waals surface area contributed by atoms with Crippen LogP contribution in [0.4, 0.5) is 4.39 Å². The SMILES string of the molecule is CCCCCCNC(=NCc1cc(F)ccc1CS(C)(=O)=O)NCC. The van der Waals surface area contributed by atoms with Crippen molar-refractivity contribution in [3.05, 3.63) is 35.1 Å². The van der Waals surface area contributed by atoms with Crippen molar-refractivity contribution in [3.8, 4) is 0 Å². The number of sulfone groups is 1. The van der Waals surface area contributed by atoms with Crippen molar-refractivity contribution in [1.29, 1.82) is 0 Å².